The zero-order valence-electron chi connectivity index (χ0n) is 7.32. The molecule has 0 fully saturated rings. The molecule has 0 saturated carbocycles. The number of nitro groups is 1. The van der Waals surface area contributed by atoms with E-state index in [-0.39, 0.29) is 11.6 Å². The van der Waals surface area contributed by atoms with Crippen LogP contribution in [0.5, 0.6) is 5.75 Å². The van der Waals surface area contributed by atoms with E-state index in [0.29, 0.717) is 18.6 Å². The summed E-state index contributed by atoms with van der Waals surface area (Å²) in [5, 5.41) is 17.8. The Kier molecular flexibility index (Phi) is 1.92. The van der Waals surface area contributed by atoms with Gasteiger partial charge in [-0.05, 0) is 12.5 Å². The first kappa shape index (κ1) is 8.68. The topological polar surface area (TPSA) is 76.2 Å². The number of non-ortho nitro benzene ring substituents is 1. The highest BCUT2D eigenvalue weighted by Crippen LogP contribution is 2.28. The Balaban J connectivity index is 2.41. The van der Waals surface area contributed by atoms with E-state index in [2.05, 4.69) is 0 Å². The van der Waals surface area contributed by atoms with Gasteiger partial charge < -0.3 is 4.74 Å². The van der Waals surface area contributed by atoms with Crippen molar-refractivity contribution in [1.29, 1.82) is 5.41 Å². The van der Waals surface area contributed by atoms with Gasteiger partial charge in [-0.15, -0.1) is 0 Å². The Morgan fingerprint density at radius 3 is 2.93 bits per heavy atom. The number of hydrogen-bond donors (Lipinski definition) is 1. The lowest BCUT2D eigenvalue weighted by atomic mass is 10.1. The molecule has 0 aliphatic carbocycles. The van der Waals surface area contributed by atoms with Crippen LogP contribution in [-0.2, 0) is 6.42 Å². The van der Waals surface area contributed by atoms with Gasteiger partial charge in [-0.3, -0.25) is 15.5 Å². The highest BCUT2D eigenvalue weighted by Gasteiger charge is 2.17. The minimum atomic E-state index is -0.430. The lowest BCUT2D eigenvalue weighted by Gasteiger charge is -2.16. The minimum absolute atomic E-state index is 0.0702. The van der Waals surface area contributed by atoms with Gasteiger partial charge in [0.1, 0.15) is 5.75 Å². The summed E-state index contributed by atoms with van der Waals surface area (Å²) in [6.07, 6.45) is 1.14. The van der Waals surface area contributed by atoms with Crippen molar-refractivity contribution in [2.24, 2.45) is 0 Å². The average molecular weight is 192 g/mol. The number of nitrogens with zero attached hydrogens (tertiary/aromatic N) is 1. The maximum Gasteiger partial charge on any atom is 0.269 e. The van der Waals surface area contributed by atoms with Gasteiger partial charge in [0.25, 0.3) is 5.69 Å². The van der Waals surface area contributed by atoms with Crippen molar-refractivity contribution < 1.29 is 9.66 Å². The van der Waals surface area contributed by atoms with E-state index in [1.54, 1.807) is 6.07 Å². The van der Waals surface area contributed by atoms with Gasteiger partial charge in [0.2, 0.25) is 0 Å². The van der Waals surface area contributed by atoms with Crippen LogP contribution < -0.4 is 4.74 Å². The summed E-state index contributed by atoms with van der Waals surface area (Å²) in [6.45, 7) is 0. The second-order valence-corrected chi connectivity index (χ2v) is 3.07. The Bertz CT molecular complexity index is 415. The fraction of sp³-hybridized carbons (Fsp3) is 0.222. The fourth-order valence-corrected chi connectivity index (χ4v) is 1.41. The third-order valence-electron chi connectivity index (χ3n) is 2.11. The molecule has 1 aliphatic rings. The molecule has 14 heavy (non-hydrogen) atoms. The summed E-state index contributed by atoms with van der Waals surface area (Å²) in [5.41, 5.74) is 0.871. The van der Waals surface area contributed by atoms with E-state index >= 15 is 0 Å². The molecule has 1 heterocycles. The Labute approximate surface area is 80.0 Å². The van der Waals surface area contributed by atoms with Crippen molar-refractivity contribution in [3.63, 3.8) is 0 Å². The normalized spacial score (nSPS) is 14.4. The molecule has 2 rings (SSSR count). The number of benzene rings is 1. The predicted octanol–water partition coefficient (Wildman–Crippen LogP) is 1.90. The van der Waals surface area contributed by atoms with E-state index < -0.39 is 4.92 Å². The summed E-state index contributed by atoms with van der Waals surface area (Å²) in [7, 11) is 0. The number of nitrogens with one attached hydrogen (secondary N) is 1. The Morgan fingerprint density at radius 2 is 2.21 bits per heavy atom. The van der Waals surface area contributed by atoms with Gasteiger partial charge in [-0.2, -0.15) is 0 Å². The highest BCUT2D eigenvalue weighted by molar-refractivity contribution is 5.78. The number of fused-ring (bicyclic) bond motifs is 1. The molecule has 1 aliphatic heterocycles. The van der Waals surface area contributed by atoms with Crippen molar-refractivity contribution in [3.8, 4) is 5.75 Å². The number of ether oxygens (including phenoxy) is 1. The molecule has 0 radical (unpaired) electrons. The third-order valence-corrected chi connectivity index (χ3v) is 2.11. The molecule has 72 valence electrons. The smallest absolute Gasteiger partial charge is 0.269 e. The summed E-state index contributed by atoms with van der Waals surface area (Å²) in [5.74, 6) is 0.776. The van der Waals surface area contributed by atoms with Gasteiger partial charge in [0, 0.05) is 24.1 Å². The largest absolute Gasteiger partial charge is 0.443 e. The van der Waals surface area contributed by atoms with Gasteiger partial charge in [0.15, 0.2) is 5.90 Å². The number of rotatable bonds is 1. The van der Waals surface area contributed by atoms with Crippen LogP contribution >= 0.6 is 0 Å². The van der Waals surface area contributed by atoms with Gasteiger partial charge >= 0.3 is 0 Å². The standard InChI is InChI=1S/C9H8N2O3/c10-9-4-1-6-5-7(11(12)13)2-3-8(6)14-9/h2-3,5,10H,1,4H2. The molecule has 0 spiro atoms. The lowest BCUT2D eigenvalue weighted by Crippen LogP contribution is -2.14. The van der Waals surface area contributed by atoms with Crippen LogP contribution in [0.2, 0.25) is 0 Å². The zero-order valence-corrected chi connectivity index (χ0v) is 7.32. The molecule has 1 N–H and O–H groups in total. The molecule has 0 amide bonds. The van der Waals surface area contributed by atoms with E-state index in [1.807, 2.05) is 0 Å². The van der Waals surface area contributed by atoms with E-state index in [9.17, 15) is 10.1 Å². The highest BCUT2D eigenvalue weighted by atomic mass is 16.6. The molecule has 5 nitrogen and oxygen atoms in total. The van der Waals surface area contributed by atoms with Crippen molar-refractivity contribution in [2.75, 3.05) is 0 Å². The van der Waals surface area contributed by atoms with Gasteiger partial charge in [0.05, 0.1) is 4.92 Å². The maximum absolute atomic E-state index is 10.5. The quantitative estimate of drug-likeness (QED) is 0.545. The molecule has 1 aromatic rings. The molecule has 0 aromatic heterocycles. The first-order valence-electron chi connectivity index (χ1n) is 4.19. The Hall–Kier alpha value is -1.91. The number of nitro benzene ring substituents is 1. The summed E-state index contributed by atoms with van der Waals surface area (Å²) in [6, 6.07) is 4.43. The lowest BCUT2D eigenvalue weighted by molar-refractivity contribution is -0.384. The van der Waals surface area contributed by atoms with Crippen molar-refractivity contribution in [2.45, 2.75) is 12.8 Å². The van der Waals surface area contributed by atoms with Crippen molar-refractivity contribution in [3.05, 3.63) is 33.9 Å². The first-order valence-corrected chi connectivity index (χ1v) is 4.19. The molecule has 0 unspecified atom stereocenters. The number of hydrogen-bond acceptors (Lipinski definition) is 4. The van der Waals surface area contributed by atoms with E-state index in [0.717, 1.165) is 5.56 Å². The van der Waals surface area contributed by atoms with Crippen LogP contribution in [0.4, 0.5) is 5.69 Å². The van der Waals surface area contributed by atoms with Crippen LogP contribution in [0.1, 0.15) is 12.0 Å². The van der Waals surface area contributed by atoms with Crippen LogP contribution in [0.3, 0.4) is 0 Å². The summed E-state index contributed by atoms with van der Waals surface area (Å²) >= 11 is 0. The summed E-state index contributed by atoms with van der Waals surface area (Å²) in [4.78, 5) is 10.0. The second kappa shape index (κ2) is 3.10. The van der Waals surface area contributed by atoms with E-state index in [4.69, 9.17) is 10.1 Å². The molecule has 1 aromatic carbocycles. The zero-order chi connectivity index (χ0) is 10.1. The molecule has 0 atom stereocenters. The van der Waals surface area contributed by atoms with Crippen LogP contribution in [-0.4, -0.2) is 10.8 Å². The molecule has 0 bridgehead atoms. The molecular formula is C9H8N2O3. The van der Waals surface area contributed by atoms with Crippen LogP contribution in [0, 0.1) is 15.5 Å². The van der Waals surface area contributed by atoms with Crippen LogP contribution in [0.15, 0.2) is 18.2 Å². The van der Waals surface area contributed by atoms with Crippen molar-refractivity contribution >= 4 is 11.6 Å². The molecule has 5 heteroatoms. The first-order chi connectivity index (χ1) is 6.66. The SMILES string of the molecule is N=C1CCc2cc([N+](=O)[O-])ccc2O1. The number of aryl methyl sites for hydroxylation is 1. The average Bonchev–Trinajstić information content (AvgIpc) is 2.16. The minimum Gasteiger partial charge on any atom is -0.443 e. The summed E-state index contributed by atoms with van der Waals surface area (Å²) < 4.78 is 5.13. The monoisotopic (exact) mass is 192 g/mol. The van der Waals surface area contributed by atoms with Crippen LogP contribution in [0.25, 0.3) is 0 Å². The van der Waals surface area contributed by atoms with Gasteiger partial charge in [-0.25, -0.2) is 0 Å². The predicted molar refractivity (Wildman–Crippen MR) is 49.8 cm³/mol. The second-order valence-electron chi connectivity index (χ2n) is 3.07. The van der Waals surface area contributed by atoms with Gasteiger partial charge in [-0.1, -0.05) is 0 Å². The molecule has 0 saturated heterocycles. The maximum atomic E-state index is 10.5. The Morgan fingerprint density at radius 1 is 1.43 bits per heavy atom. The van der Waals surface area contributed by atoms with E-state index in [1.165, 1.54) is 12.1 Å². The fourth-order valence-electron chi connectivity index (χ4n) is 1.41. The van der Waals surface area contributed by atoms with Crippen molar-refractivity contribution in [1.82, 2.24) is 0 Å². The molecular weight excluding hydrogens is 184 g/mol. The third kappa shape index (κ3) is 1.44.